The molecule has 0 amide bonds. The quantitative estimate of drug-likeness (QED) is 0.334. The lowest BCUT2D eigenvalue weighted by Gasteiger charge is -2.27. The molecule has 1 atom stereocenters. The second-order valence-electron chi connectivity index (χ2n) is 9.26. The highest BCUT2D eigenvalue weighted by molar-refractivity contribution is 6.30. The Labute approximate surface area is 206 Å². The van der Waals surface area contributed by atoms with Gasteiger partial charge in [0, 0.05) is 33.8 Å². The van der Waals surface area contributed by atoms with Gasteiger partial charge in [-0.05, 0) is 36.4 Å². The molecule has 0 aliphatic carbocycles. The van der Waals surface area contributed by atoms with E-state index in [1.807, 2.05) is 6.20 Å². The molecule has 6 aromatic rings. The van der Waals surface area contributed by atoms with E-state index < -0.39 is 0 Å². The molecule has 0 saturated carbocycles. The van der Waals surface area contributed by atoms with Crippen molar-refractivity contribution in [2.45, 2.75) is 6.04 Å². The Bertz CT molecular complexity index is 1920. The van der Waals surface area contributed by atoms with E-state index in [1.54, 1.807) is 6.34 Å². The number of hydrogen-bond acceptors (Lipinski definition) is 4. The molecule has 172 valence electrons. The maximum Gasteiger partial charge on any atom is 0.208 e. The standard InChI is InChI=1S/C30H22N6/c1-2-8-19(9-3-1)35-24-12-6-4-10-20(24)28-26(35)14-15-27-29(28)21-11-5-7-13-25(21)36(27)30-32-17-22-23(34-30)16-31-18-33-22/h1-15,17-18,23H,16H2,(H,31,33)(H,32,34). The highest BCUT2D eigenvalue weighted by Crippen LogP contribution is 2.41. The van der Waals surface area contributed by atoms with Gasteiger partial charge in [0.1, 0.15) is 0 Å². The number of aromatic nitrogens is 2. The molecule has 1 unspecified atom stereocenters. The maximum absolute atomic E-state index is 4.81. The van der Waals surface area contributed by atoms with E-state index in [4.69, 9.17) is 4.99 Å². The number of hydrogen-bond donors (Lipinski definition) is 2. The van der Waals surface area contributed by atoms with Crippen molar-refractivity contribution >= 4 is 55.9 Å². The Morgan fingerprint density at radius 2 is 1.31 bits per heavy atom. The zero-order chi connectivity index (χ0) is 23.6. The van der Waals surface area contributed by atoms with Crippen LogP contribution in [0.5, 0.6) is 0 Å². The third kappa shape index (κ3) is 2.61. The fourth-order valence-corrected chi connectivity index (χ4v) is 5.78. The van der Waals surface area contributed by atoms with Crippen LogP contribution in [0.25, 0.3) is 49.3 Å². The van der Waals surface area contributed by atoms with Gasteiger partial charge >= 0.3 is 0 Å². The summed E-state index contributed by atoms with van der Waals surface area (Å²) in [5.41, 5.74) is 6.78. The monoisotopic (exact) mass is 466 g/mol. The van der Waals surface area contributed by atoms with Gasteiger partial charge in [-0.1, -0.05) is 54.6 Å². The fraction of sp³-hybridized carbons (Fsp3) is 0.0667. The van der Waals surface area contributed by atoms with Crippen molar-refractivity contribution in [1.29, 1.82) is 0 Å². The average Bonchev–Trinajstić information content (AvgIpc) is 3.46. The normalized spacial score (nSPS) is 17.2. The molecule has 8 rings (SSSR count). The first-order chi connectivity index (χ1) is 17.9. The summed E-state index contributed by atoms with van der Waals surface area (Å²) in [6.45, 7) is 0.778. The molecule has 36 heavy (non-hydrogen) atoms. The largest absolute Gasteiger partial charge is 0.374 e. The maximum atomic E-state index is 4.81. The lowest BCUT2D eigenvalue weighted by atomic mass is 10.1. The lowest BCUT2D eigenvalue weighted by Crippen LogP contribution is -2.48. The Kier molecular flexibility index (Phi) is 3.96. The third-order valence-electron chi connectivity index (χ3n) is 7.30. The molecule has 6 heteroatoms. The summed E-state index contributed by atoms with van der Waals surface area (Å²) in [7, 11) is 0. The molecule has 2 N–H and O–H groups in total. The zero-order valence-corrected chi connectivity index (χ0v) is 19.4. The van der Waals surface area contributed by atoms with Crippen molar-refractivity contribution in [3.05, 3.63) is 103 Å². The van der Waals surface area contributed by atoms with Crippen LogP contribution in [0.1, 0.15) is 0 Å². The van der Waals surface area contributed by atoms with Crippen LogP contribution in [-0.2, 0) is 0 Å². The highest BCUT2D eigenvalue weighted by Gasteiger charge is 2.26. The fourth-order valence-electron chi connectivity index (χ4n) is 5.78. The number of aliphatic imine (C=N–C) groups is 2. The summed E-state index contributed by atoms with van der Waals surface area (Å²) in [5, 5.41) is 11.8. The van der Waals surface area contributed by atoms with E-state index in [-0.39, 0.29) is 6.04 Å². The van der Waals surface area contributed by atoms with Crippen molar-refractivity contribution in [1.82, 2.24) is 19.8 Å². The summed E-state index contributed by atoms with van der Waals surface area (Å²) < 4.78 is 4.62. The van der Waals surface area contributed by atoms with Gasteiger partial charge in [0.05, 0.1) is 46.3 Å². The summed E-state index contributed by atoms with van der Waals surface area (Å²) in [4.78, 5) is 9.25. The van der Waals surface area contributed by atoms with Crippen molar-refractivity contribution in [3.63, 3.8) is 0 Å². The van der Waals surface area contributed by atoms with E-state index in [0.29, 0.717) is 0 Å². The van der Waals surface area contributed by atoms with Gasteiger partial charge in [-0.15, -0.1) is 0 Å². The van der Waals surface area contributed by atoms with E-state index in [2.05, 4.69) is 116 Å². The topological polar surface area (TPSA) is 58.6 Å². The van der Waals surface area contributed by atoms with Crippen molar-refractivity contribution < 1.29 is 0 Å². The molecular formula is C30H22N6. The van der Waals surface area contributed by atoms with Crippen molar-refractivity contribution in [2.24, 2.45) is 9.98 Å². The Hall–Kier alpha value is -4.84. The average molecular weight is 467 g/mol. The molecule has 0 saturated heterocycles. The number of nitrogens with one attached hydrogen (secondary N) is 2. The molecule has 4 aromatic carbocycles. The van der Waals surface area contributed by atoms with Crippen LogP contribution in [0.15, 0.2) is 113 Å². The molecule has 0 spiro atoms. The van der Waals surface area contributed by atoms with Gasteiger partial charge in [-0.2, -0.15) is 0 Å². The van der Waals surface area contributed by atoms with Crippen molar-refractivity contribution in [2.75, 3.05) is 6.54 Å². The number of rotatable bonds is 1. The minimum Gasteiger partial charge on any atom is -0.374 e. The molecule has 2 aromatic heterocycles. The van der Waals surface area contributed by atoms with E-state index in [0.717, 1.165) is 34.9 Å². The zero-order valence-electron chi connectivity index (χ0n) is 19.4. The van der Waals surface area contributed by atoms with Crippen LogP contribution in [0.3, 0.4) is 0 Å². The highest BCUT2D eigenvalue weighted by atomic mass is 15.3. The molecule has 0 fully saturated rings. The summed E-state index contributed by atoms with van der Waals surface area (Å²) in [5.74, 6) is 0.819. The van der Waals surface area contributed by atoms with Crippen LogP contribution in [0.2, 0.25) is 0 Å². The second-order valence-corrected chi connectivity index (χ2v) is 9.26. The summed E-state index contributed by atoms with van der Waals surface area (Å²) in [6, 6.07) is 32.5. The van der Waals surface area contributed by atoms with Crippen LogP contribution in [0.4, 0.5) is 0 Å². The van der Waals surface area contributed by atoms with Crippen LogP contribution in [-0.4, -0.2) is 34.0 Å². The SMILES string of the molecule is C1=NC2=CN=C(n3c4ccccc4c4c5c6ccccc6n(-c6ccccc6)c5ccc43)NC2CN1. The number of para-hydroxylation sites is 3. The first kappa shape index (κ1) is 19.5. The first-order valence-electron chi connectivity index (χ1n) is 12.2. The summed E-state index contributed by atoms with van der Waals surface area (Å²) >= 11 is 0. The van der Waals surface area contributed by atoms with Gasteiger partial charge in [0.25, 0.3) is 0 Å². The number of fused-ring (bicyclic) bond motifs is 8. The molecule has 6 nitrogen and oxygen atoms in total. The first-order valence-corrected chi connectivity index (χ1v) is 12.2. The molecule has 0 bridgehead atoms. The van der Waals surface area contributed by atoms with E-state index in [1.165, 1.54) is 32.6 Å². The van der Waals surface area contributed by atoms with E-state index in [9.17, 15) is 0 Å². The van der Waals surface area contributed by atoms with Gasteiger partial charge in [0.15, 0.2) is 0 Å². The van der Waals surface area contributed by atoms with Crippen LogP contribution in [0, 0.1) is 0 Å². The Balaban J connectivity index is 1.50. The molecule has 2 aliphatic heterocycles. The third-order valence-corrected chi connectivity index (χ3v) is 7.30. The predicted molar refractivity (Wildman–Crippen MR) is 148 cm³/mol. The lowest BCUT2D eigenvalue weighted by molar-refractivity contribution is 0.624. The minimum absolute atomic E-state index is 0.0856. The Morgan fingerprint density at radius 1 is 0.667 bits per heavy atom. The molecule has 0 radical (unpaired) electrons. The summed E-state index contributed by atoms with van der Waals surface area (Å²) in [6.07, 6.45) is 3.62. The smallest absolute Gasteiger partial charge is 0.208 e. The van der Waals surface area contributed by atoms with Gasteiger partial charge < -0.3 is 15.2 Å². The Morgan fingerprint density at radius 3 is 2.06 bits per heavy atom. The van der Waals surface area contributed by atoms with Gasteiger partial charge in [0.2, 0.25) is 5.96 Å². The second kappa shape index (κ2) is 7.33. The molecular weight excluding hydrogens is 444 g/mol. The number of benzene rings is 4. The van der Waals surface area contributed by atoms with Gasteiger partial charge in [-0.3, -0.25) is 4.57 Å². The minimum atomic E-state index is 0.0856. The van der Waals surface area contributed by atoms with Gasteiger partial charge in [-0.25, -0.2) is 9.98 Å². The van der Waals surface area contributed by atoms with Crippen LogP contribution < -0.4 is 10.6 Å². The van der Waals surface area contributed by atoms with E-state index >= 15 is 0 Å². The molecule has 4 heterocycles. The molecule has 2 aliphatic rings. The number of nitrogens with zero attached hydrogens (tertiary/aromatic N) is 4. The van der Waals surface area contributed by atoms with Crippen LogP contribution >= 0.6 is 0 Å². The predicted octanol–water partition coefficient (Wildman–Crippen LogP) is 5.54. The van der Waals surface area contributed by atoms with Crippen molar-refractivity contribution in [3.8, 4) is 5.69 Å².